The highest BCUT2D eigenvalue weighted by Crippen LogP contribution is 2.27. The van der Waals surface area contributed by atoms with Crippen LogP contribution in [0.4, 0.5) is 0 Å². The third-order valence-corrected chi connectivity index (χ3v) is 5.20. The van der Waals surface area contributed by atoms with E-state index in [0.717, 1.165) is 32.2 Å². The molecule has 0 N–H and O–H groups in total. The minimum absolute atomic E-state index is 0.582. The topological polar surface area (TPSA) is 56.8 Å². The van der Waals surface area contributed by atoms with Crippen LogP contribution in [-0.2, 0) is 0 Å². The molecule has 2 aromatic carbocycles. The fourth-order valence-electron chi connectivity index (χ4n) is 2.67. The second-order valence-electron chi connectivity index (χ2n) is 6.17. The predicted octanol–water partition coefficient (Wildman–Crippen LogP) is 6.19. The van der Waals surface area contributed by atoms with E-state index >= 15 is 0 Å². The molecule has 0 atom stereocenters. The summed E-state index contributed by atoms with van der Waals surface area (Å²) >= 11 is 1.54. The van der Waals surface area contributed by atoms with Gasteiger partial charge in [0.2, 0.25) is 0 Å². The monoisotopic (exact) mass is 382 g/mol. The molecule has 1 heterocycles. The number of rotatable bonds is 5. The van der Waals surface area contributed by atoms with E-state index < -0.39 is 0 Å². The number of nitriles is 2. The first-order valence-corrected chi connectivity index (χ1v) is 9.49. The molecule has 0 aliphatic carbocycles. The summed E-state index contributed by atoms with van der Waals surface area (Å²) in [5, 5.41) is 19.0. The Balaban J connectivity index is 1.87. The number of aryl methyl sites for hydroxylation is 1. The molecular formula is C24H18N2OS. The van der Waals surface area contributed by atoms with Crippen LogP contribution in [0.15, 0.2) is 60.7 Å². The second kappa shape index (κ2) is 8.86. The lowest BCUT2D eigenvalue weighted by atomic mass is 10.0. The van der Waals surface area contributed by atoms with E-state index in [4.69, 9.17) is 4.74 Å². The molecule has 0 aliphatic rings. The zero-order valence-electron chi connectivity index (χ0n) is 15.6. The van der Waals surface area contributed by atoms with E-state index in [-0.39, 0.29) is 0 Å². The Labute approximate surface area is 169 Å². The number of ether oxygens (including phenoxy) is 1. The first kappa shape index (κ1) is 19.2. The predicted molar refractivity (Wildman–Crippen MR) is 115 cm³/mol. The van der Waals surface area contributed by atoms with Crippen LogP contribution in [0.3, 0.4) is 0 Å². The molecule has 4 heteroatoms. The zero-order chi connectivity index (χ0) is 19.9. The Bertz CT molecular complexity index is 1110. The van der Waals surface area contributed by atoms with Crippen LogP contribution in [0, 0.1) is 29.6 Å². The van der Waals surface area contributed by atoms with Crippen molar-refractivity contribution in [1.82, 2.24) is 0 Å². The van der Waals surface area contributed by atoms with Gasteiger partial charge in [0.25, 0.3) is 0 Å². The fourth-order valence-corrected chi connectivity index (χ4v) is 3.57. The highest BCUT2D eigenvalue weighted by Gasteiger charge is 2.05. The molecular weight excluding hydrogens is 364 g/mol. The van der Waals surface area contributed by atoms with Gasteiger partial charge in [-0.15, -0.1) is 11.3 Å². The highest BCUT2D eigenvalue weighted by atomic mass is 32.1. The van der Waals surface area contributed by atoms with E-state index in [9.17, 15) is 10.5 Å². The van der Waals surface area contributed by atoms with Crippen LogP contribution in [0.5, 0.6) is 5.75 Å². The van der Waals surface area contributed by atoms with E-state index in [0.29, 0.717) is 11.1 Å². The van der Waals surface area contributed by atoms with Crippen molar-refractivity contribution < 1.29 is 4.74 Å². The van der Waals surface area contributed by atoms with Gasteiger partial charge in [-0.1, -0.05) is 29.8 Å². The molecule has 0 aliphatic heterocycles. The quantitative estimate of drug-likeness (QED) is 0.494. The van der Waals surface area contributed by atoms with Crippen LogP contribution in [0.2, 0.25) is 0 Å². The molecule has 3 rings (SSSR count). The average Bonchev–Trinajstić information content (AvgIpc) is 3.18. The van der Waals surface area contributed by atoms with Gasteiger partial charge in [0.1, 0.15) is 5.75 Å². The molecule has 136 valence electrons. The number of methoxy groups -OCH3 is 1. The third-order valence-electron chi connectivity index (χ3n) is 4.23. The maximum atomic E-state index is 9.53. The molecule has 0 spiro atoms. The molecule has 0 unspecified atom stereocenters. The first-order chi connectivity index (χ1) is 13.6. The lowest BCUT2D eigenvalue weighted by Gasteiger charge is -2.01. The summed E-state index contributed by atoms with van der Waals surface area (Å²) in [5.41, 5.74) is 4.10. The van der Waals surface area contributed by atoms with Crippen molar-refractivity contribution >= 4 is 34.6 Å². The number of benzene rings is 2. The minimum Gasteiger partial charge on any atom is -0.497 e. The summed E-state index contributed by atoms with van der Waals surface area (Å²) in [7, 11) is 1.61. The van der Waals surface area contributed by atoms with Crippen molar-refractivity contribution in [3.63, 3.8) is 0 Å². The minimum atomic E-state index is 0.582. The summed E-state index contributed by atoms with van der Waals surface area (Å²) in [5.74, 6) is 0.754. The Hall–Kier alpha value is -3.60. The first-order valence-electron chi connectivity index (χ1n) is 8.68. The molecule has 0 saturated heterocycles. The van der Waals surface area contributed by atoms with Crippen molar-refractivity contribution in [2.75, 3.05) is 7.11 Å². The summed E-state index contributed by atoms with van der Waals surface area (Å²) in [4.78, 5) is 1.93. The molecule has 1 aromatic heterocycles. The zero-order valence-corrected chi connectivity index (χ0v) is 16.5. The second-order valence-corrected chi connectivity index (χ2v) is 7.32. The Kier molecular flexibility index (Phi) is 6.07. The Morgan fingerprint density at radius 3 is 1.68 bits per heavy atom. The van der Waals surface area contributed by atoms with Gasteiger partial charge in [0.15, 0.2) is 0 Å². The van der Waals surface area contributed by atoms with Gasteiger partial charge in [0, 0.05) is 9.75 Å². The lowest BCUT2D eigenvalue weighted by molar-refractivity contribution is 0.415. The number of nitrogens with zero attached hydrogens (tertiary/aromatic N) is 2. The molecule has 0 amide bonds. The van der Waals surface area contributed by atoms with Crippen LogP contribution in [0.1, 0.15) is 26.4 Å². The number of allylic oxidation sites excluding steroid dienone is 2. The molecule has 0 radical (unpaired) electrons. The van der Waals surface area contributed by atoms with Gasteiger partial charge >= 0.3 is 0 Å². The molecule has 3 aromatic rings. The lowest BCUT2D eigenvalue weighted by Crippen LogP contribution is -1.84. The summed E-state index contributed by atoms with van der Waals surface area (Å²) in [6, 6.07) is 23.8. The van der Waals surface area contributed by atoms with Gasteiger partial charge in [-0.25, -0.2) is 0 Å². The third kappa shape index (κ3) is 4.57. The van der Waals surface area contributed by atoms with Gasteiger partial charge in [-0.2, -0.15) is 10.5 Å². The van der Waals surface area contributed by atoms with Gasteiger partial charge in [0.05, 0.1) is 30.4 Å². The van der Waals surface area contributed by atoms with Crippen molar-refractivity contribution in [1.29, 1.82) is 10.5 Å². The number of hydrogen-bond acceptors (Lipinski definition) is 4. The molecule has 0 bridgehead atoms. The maximum absolute atomic E-state index is 9.53. The van der Waals surface area contributed by atoms with Crippen LogP contribution >= 0.6 is 11.3 Å². The number of thiophene rings is 1. The maximum Gasteiger partial charge on any atom is 0.118 e. The highest BCUT2D eigenvalue weighted by molar-refractivity contribution is 7.13. The molecule has 3 nitrogen and oxygen atoms in total. The largest absolute Gasteiger partial charge is 0.497 e. The smallest absolute Gasteiger partial charge is 0.118 e. The van der Waals surface area contributed by atoms with Crippen LogP contribution in [-0.4, -0.2) is 7.11 Å². The van der Waals surface area contributed by atoms with E-state index in [1.54, 1.807) is 18.4 Å². The van der Waals surface area contributed by atoms with E-state index in [1.165, 1.54) is 0 Å². The van der Waals surface area contributed by atoms with E-state index in [2.05, 4.69) is 12.1 Å². The average molecular weight is 382 g/mol. The van der Waals surface area contributed by atoms with Crippen LogP contribution < -0.4 is 4.74 Å². The van der Waals surface area contributed by atoms with Gasteiger partial charge in [-0.05, 0) is 66.6 Å². The summed E-state index contributed by atoms with van der Waals surface area (Å²) in [6.07, 6.45) is 3.74. The Morgan fingerprint density at radius 1 is 0.786 bits per heavy atom. The van der Waals surface area contributed by atoms with Crippen molar-refractivity contribution in [3.05, 3.63) is 87.1 Å². The molecule has 28 heavy (non-hydrogen) atoms. The van der Waals surface area contributed by atoms with Crippen LogP contribution in [0.25, 0.3) is 23.3 Å². The van der Waals surface area contributed by atoms with Crippen molar-refractivity contribution in [2.45, 2.75) is 6.92 Å². The summed E-state index contributed by atoms with van der Waals surface area (Å²) < 4.78 is 5.16. The van der Waals surface area contributed by atoms with Crippen molar-refractivity contribution in [2.24, 2.45) is 0 Å². The Morgan fingerprint density at radius 2 is 1.25 bits per heavy atom. The standard InChI is InChI=1S/C24H18N2OS/c1-17-3-5-18(6-4-17)20(15-25)13-23-11-12-24(28-23)14-21(16-26)19-7-9-22(27-2)10-8-19/h3-14H,1-2H3/b20-13+,21-14+. The van der Waals surface area contributed by atoms with E-state index in [1.807, 2.05) is 79.7 Å². The number of hydrogen-bond donors (Lipinski definition) is 0. The molecule has 0 saturated carbocycles. The summed E-state index contributed by atoms with van der Waals surface area (Å²) in [6.45, 7) is 2.02. The van der Waals surface area contributed by atoms with Crippen molar-refractivity contribution in [3.8, 4) is 17.9 Å². The normalized spacial score (nSPS) is 11.6. The fraction of sp³-hybridized carbons (Fsp3) is 0.0833. The molecule has 0 fully saturated rings. The van der Waals surface area contributed by atoms with Gasteiger partial charge in [-0.3, -0.25) is 0 Å². The SMILES string of the molecule is COc1ccc(/C(C#N)=C/c2ccc(/C=C(\C#N)c3ccc(C)cc3)s2)cc1. The van der Waals surface area contributed by atoms with Gasteiger partial charge < -0.3 is 4.74 Å².